The molecule has 3 rings (SSSR count). The van der Waals surface area contributed by atoms with Crippen molar-refractivity contribution < 1.29 is 22.7 Å². The van der Waals surface area contributed by atoms with E-state index in [0.29, 0.717) is 18.7 Å². The Morgan fingerprint density at radius 1 is 1.15 bits per heavy atom. The molecule has 1 aliphatic heterocycles. The standard InChI is InChI=1S/C19H20F3N3O2/c20-19(21,22)15-3-1-2-4-16(15)25-14-7-5-13(6-8-14)11-24-17(26)18(23)9-10-27-12-18/h1-8,25H,9-12,23H2,(H,24,26). The van der Waals surface area contributed by atoms with Crippen molar-refractivity contribution in [1.82, 2.24) is 5.32 Å². The predicted molar refractivity (Wildman–Crippen MR) is 95.4 cm³/mol. The Balaban J connectivity index is 1.62. The highest BCUT2D eigenvalue weighted by Crippen LogP contribution is 2.35. The van der Waals surface area contributed by atoms with Gasteiger partial charge in [-0.3, -0.25) is 4.79 Å². The molecule has 5 nitrogen and oxygen atoms in total. The van der Waals surface area contributed by atoms with Crippen LogP contribution >= 0.6 is 0 Å². The zero-order valence-electron chi connectivity index (χ0n) is 14.5. The van der Waals surface area contributed by atoms with Crippen LogP contribution in [0.15, 0.2) is 48.5 Å². The lowest BCUT2D eigenvalue weighted by Gasteiger charge is -2.20. The average Bonchev–Trinajstić information content (AvgIpc) is 3.08. The van der Waals surface area contributed by atoms with E-state index in [2.05, 4.69) is 10.6 Å². The molecule has 2 aromatic rings. The molecule has 1 heterocycles. The largest absolute Gasteiger partial charge is 0.418 e. The molecule has 0 spiro atoms. The van der Waals surface area contributed by atoms with Crippen LogP contribution in [0.4, 0.5) is 24.5 Å². The topological polar surface area (TPSA) is 76.4 Å². The molecule has 1 aliphatic rings. The summed E-state index contributed by atoms with van der Waals surface area (Å²) in [5.74, 6) is -0.277. The molecule has 0 radical (unpaired) electrons. The summed E-state index contributed by atoms with van der Waals surface area (Å²) in [4.78, 5) is 12.1. The summed E-state index contributed by atoms with van der Waals surface area (Å²) >= 11 is 0. The van der Waals surface area contributed by atoms with Crippen LogP contribution in [-0.2, 0) is 22.3 Å². The summed E-state index contributed by atoms with van der Waals surface area (Å²) in [7, 11) is 0. The smallest absolute Gasteiger partial charge is 0.379 e. The number of amides is 1. The molecular formula is C19H20F3N3O2. The normalized spacial score (nSPS) is 19.7. The summed E-state index contributed by atoms with van der Waals surface area (Å²) in [6, 6.07) is 12.1. The fourth-order valence-electron chi connectivity index (χ4n) is 2.82. The van der Waals surface area contributed by atoms with Crippen molar-refractivity contribution in [2.24, 2.45) is 5.73 Å². The second-order valence-corrected chi connectivity index (χ2v) is 6.51. The Labute approximate surface area is 154 Å². The number of alkyl halides is 3. The number of hydrogen-bond acceptors (Lipinski definition) is 4. The predicted octanol–water partition coefficient (Wildman–Crippen LogP) is 3.18. The second-order valence-electron chi connectivity index (χ2n) is 6.51. The van der Waals surface area contributed by atoms with Gasteiger partial charge in [-0.25, -0.2) is 0 Å². The number of halogens is 3. The molecule has 0 aliphatic carbocycles. The van der Waals surface area contributed by atoms with Gasteiger partial charge in [0, 0.05) is 18.8 Å². The van der Waals surface area contributed by atoms with Gasteiger partial charge in [0.15, 0.2) is 0 Å². The summed E-state index contributed by atoms with van der Waals surface area (Å²) in [5, 5.41) is 5.54. The van der Waals surface area contributed by atoms with Gasteiger partial charge in [-0.05, 0) is 36.2 Å². The van der Waals surface area contributed by atoms with Crippen LogP contribution in [0.2, 0.25) is 0 Å². The highest BCUT2D eigenvalue weighted by atomic mass is 19.4. The fraction of sp³-hybridized carbons (Fsp3) is 0.316. The van der Waals surface area contributed by atoms with Gasteiger partial charge in [-0.15, -0.1) is 0 Å². The van der Waals surface area contributed by atoms with Crippen molar-refractivity contribution in [2.75, 3.05) is 18.5 Å². The highest BCUT2D eigenvalue weighted by Gasteiger charge is 2.38. The molecule has 2 aromatic carbocycles. The van der Waals surface area contributed by atoms with Crippen molar-refractivity contribution in [3.63, 3.8) is 0 Å². The summed E-state index contributed by atoms with van der Waals surface area (Å²) in [6.07, 6.45) is -3.96. The van der Waals surface area contributed by atoms with Gasteiger partial charge < -0.3 is 21.1 Å². The Bertz CT molecular complexity index is 801. The van der Waals surface area contributed by atoms with Gasteiger partial charge in [0.25, 0.3) is 0 Å². The van der Waals surface area contributed by atoms with Gasteiger partial charge in [0.2, 0.25) is 5.91 Å². The number of para-hydroxylation sites is 1. The van der Waals surface area contributed by atoms with E-state index in [1.165, 1.54) is 18.2 Å². The Morgan fingerprint density at radius 2 is 1.85 bits per heavy atom. The van der Waals surface area contributed by atoms with Gasteiger partial charge in [0.1, 0.15) is 5.54 Å². The van der Waals surface area contributed by atoms with Gasteiger partial charge in [-0.2, -0.15) is 13.2 Å². The molecule has 27 heavy (non-hydrogen) atoms. The fourth-order valence-corrected chi connectivity index (χ4v) is 2.82. The number of rotatable bonds is 5. The van der Waals surface area contributed by atoms with E-state index >= 15 is 0 Å². The maximum atomic E-state index is 13.1. The first kappa shape index (κ1) is 19.2. The molecule has 4 N–H and O–H groups in total. The molecule has 1 fully saturated rings. The molecule has 0 aromatic heterocycles. The van der Waals surface area contributed by atoms with Crippen molar-refractivity contribution in [1.29, 1.82) is 0 Å². The Hall–Kier alpha value is -2.58. The van der Waals surface area contributed by atoms with Crippen molar-refractivity contribution in [2.45, 2.75) is 24.7 Å². The number of carbonyl (C=O) groups excluding carboxylic acids is 1. The van der Waals surface area contributed by atoms with Crippen LogP contribution in [0.5, 0.6) is 0 Å². The molecule has 0 saturated carbocycles. The lowest BCUT2D eigenvalue weighted by atomic mass is 9.99. The monoisotopic (exact) mass is 379 g/mol. The first-order chi connectivity index (χ1) is 12.8. The third kappa shape index (κ3) is 4.58. The number of nitrogens with one attached hydrogen (secondary N) is 2. The van der Waals surface area contributed by atoms with Crippen LogP contribution < -0.4 is 16.4 Å². The first-order valence-corrected chi connectivity index (χ1v) is 8.45. The third-order valence-corrected chi connectivity index (χ3v) is 4.42. The minimum Gasteiger partial charge on any atom is -0.379 e. The number of benzene rings is 2. The lowest BCUT2D eigenvalue weighted by Crippen LogP contribution is -2.54. The van der Waals surface area contributed by atoms with E-state index in [1.807, 2.05) is 0 Å². The van der Waals surface area contributed by atoms with Crippen molar-refractivity contribution >= 4 is 17.3 Å². The first-order valence-electron chi connectivity index (χ1n) is 8.45. The van der Waals surface area contributed by atoms with Crippen LogP contribution in [0, 0.1) is 0 Å². The minimum absolute atomic E-state index is 0.0163. The SMILES string of the molecule is NC1(C(=O)NCc2ccc(Nc3ccccc3C(F)(F)F)cc2)CCOC1. The van der Waals surface area contributed by atoms with E-state index in [1.54, 1.807) is 24.3 Å². The molecule has 8 heteroatoms. The maximum absolute atomic E-state index is 13.1. The van der Waals surface area contributed by atoms with Crippen LogP contribution in [0.1, 0.15) is 17.5 Å². The van der Waals surface area contributed by atoms with Gasteiger partial charge >= 0.3 is 6.18 Å². The average molecular weight is 379 g/mol. The molecule has 1 amide bonds. The molecule has 0 bridgehead atoms. The molecular weight excluding hydrogens is 359 g/mol. The van der Waals surface area contributed by atoms with E-state index < -0.39 is 17.3 Å². The summed E-state index contributed by atoms with van der Waals surface area (Å²) in [5.41, 5.74) is 5.57. The van der Waals surface area contributed by atoms with E-state index in [9.17, 15) is 18.0 Å². The number of hydrogen-bond donors (Lipinski definition) is 3. The molecule has 144 valence electrons. The number of anilines is 2. The Kier molecular flexibility index (Phi) is 5.38. The minimum atomic E-state index is -4.43. The molecule has 1 atom stereocenters. The van der Waals surface area contributed by atoms with E-state index in [0.717, 1.165) is 11.6 Å². The zero-order valence-corrected chi connectivity index (χ0v) is 14.5. The Morgan fingerprint density at radius 3 is 2.48 bits per heavy atom. The van der Waals surface area contributed by atoms with Gasteiger partial charge in [-0.1, -0.05) is 24.3 Å². The molecule has 1 saturated heterocycles. The molecule has 1 unspecified atom stereocenters. The van der Waals surface area contributed by atoms with E-state index in [-0.39, 0.29) is 24.7 Å². The second kappa shape index (κ2) is 7.58. The lowest BCUT2D eigenvalue weighted by molar-refractivity contribution is -0.137. The van der Waals surface area contributed by atoms with Crippen LogP contribution in [0.25, 0.3) is 0 Å². The third-order valence-electron chi connectivity index (χ3n) is 4.42. The summed E-state index contributed by atoms with van der Waals surface area (Å²) < 4.78 is 44.3. The zero-order chi connectivity index (χ0) is 19.5. The van der Waals surface area contributed by atoms with E-state index in [4.69, 9.17) is 10.5 Å². The van der Waals surface area contributed by atoms with Crippen LogP contribution in [-0.4, -0.2) is 24.7 Å². The van der Waals surface area contributed by atoms with Crippen molar-refractivity contribution in [3.8, 4) is 0 Å². The highest BCUT2D eigenvalue weighted by molar-refractivity contribution is 5.86. The van der Waals surface area contributed by atoms with Crippen molar-refractivity contribution in [3.05, 3.63) is 59.7 Å². The maximum Gasteiger partial charge on any atom is 0.418 e. The van der Waals surface area contributed by atoms with Gasteiger partial charge in [0.05, 0.1) is 17.9 Å². The quantitative estimate of drug-likeness (QED) is 0.746. The number of nitrogens with two attached hydrogens (primary N) is 1. The number of carbonyl (C=O) groups is 1. The van der Waals surface area contributed by atoms with Crippen LogP contribution in [0.3, 0.4) is 0 Å². The number of ether oxygens (including phenoxy) is 1. The summed E-state index contributed by atoms with van der Waals surface area (Å²) in [6.45, 7) is 0.932.